The number of hydrogen-bond donors (Lipinski definition) is 1. The van der Waals surface area contributed by atoms with Crippen LogP contribution in [0.3, 0.4) is 0 Å². The van der Waals surface area contributed by atoms with Crippen molar-refractivity contribution in [3.05, 3.63) is 65.5 Å². The summed E-state index contributed by atoms with van der Waals surface area (Å²) in [7, 11) is 0. The lowest BCUT2D eigenvalue weighted by Crippen LogP contribution is -2.53. The number of amides is 2. The summed E-state index contributed by atoms with van der Waals surface area (Å²) in [5.41, 5.74) is 1.79. The molecule has 32 heavy (non-hydrogen) atoms. The number of rotatable bonds is 6. The fourth-order valence-electron chi connectivity index (χ4n) is 4.73. The molecule has 2 saturated heterocycles. The Hall–Kier alpha value is -3.06. The molecule has 7 heteroatoms. The lowest BCUT2D eigenvalue weighted by Gasteiger charge is -2.42. The van der Waals surface area contributed by atoms with Crippen molar-refractivity contribution in [1.82, 2.24) is 10.2 Å². The number of carbonyl (C=O) groups excluding carboxylic acids is 3. The minimum absolute atomic E-state index is 0.0260. The summed E-state index contributed by atoms with van der Waals surface area (Å²) in [5.74, 6) is -0.287. The molecule has 2 aromatic rings. The summed E-state index contributed by atoms with van der Waals surface area (Å²) in [6.45, 7) is 3.79. The molecule has 2 aromatic carbocycles. The first-order valence-electron chi connectivity index (χ1n) is 11.1. The number of piperidine rings is 1. The van der Waals surface area contributed by atoms with Crippen molar-refractivity contribution in [2.75, 3.05) is 31.1 Å². The molecule has 0 bridgehead atoms. The number of hydrogen-bond acceptors (Lipinski definition) is 4. The third-order valence-corrected chi connectivity index (χ3v) is 6.46. The molecule has 2 heterocycles. The van der Waals surface area contributed by atoms with Crippen LogP contribution in [0.5, 0.6) is 0 Å². The van der Waals surface area contributed by atoms with Crippen LogP contribution in [0.4, 0.5) is 10.1 Å². The van der Waals surface area contributed by atoms with Crippen LogP contribution in [-0.2, 0) is 15.1 Å². The van der Waals surface area contributed by atoms with Crippen LogP contribution in [0, 0.1) is 5.82 Å². The number of halogens is 1. The van der Waals surface area contributed by atoms with E-state index in [1.165, 1.54) is 19.1 Å². The van der Waals surface area contributed by atoms with Crippen molar-refractivity contribution < 1.29 is 18.8 Å². The zero-order valence-electron chi connectivity index (χ0n) is 18.3. The van der Waals surface area contributed by atoms with Crippen LogP contribution in [-0.4, -0.2) is 48.7 Å². The number of nitrogens with zero attached hydrogens (tertiary/aromatic N) is 2. The molecule has 1 N–H and O–H groups in total. The van der Waals surface area contributed by atoms with Crippen molar-refractivity contribution in [3.63, 3.8) is 0 Å². The fraction of sp³-hybridized carbons (Fsp3) is 0.400. The largest absolute Gasteiger partial charge is 0.347 e. The number of anilines is 1. The minimum Gasteiger partial charge on any atom is -0.347 e. The lowest BCUT2D eigenvalue weighted by molar-refractivity contribution is -0.121. The van der Waals surface area contributed by atoms with E-state index in [2.05, 4.69) is 10.2 Å². The van der Waals surface area contributed by atoms with E-state index < -0.39 is 5.54 Å². The number of Topliss-reactive ketones (excluding diaryl/α,β-unsaturated/α-hetero) is 1. The summed E-state index contributed by atoms with van der Waals surface area (Å²) >= 11 is 0. The molecule has 2 amide bonds. The monoisotopic (exact) mass is 437 g/mol. The highest BCUT2D eigenvalue weighted by Gasteiger charge is 2.37. The fourth-order valence-corrected chi connectivity index (χ4v) is 4.73. The van der Waals surface area contributed by atoms with Gasteiger partial charge in [0.25, 0.3) is 0 Å². The summed E-state index contributed by atoms with van der Waals surface area (Å²) < 4.78 is 13.4. The zero-order valence-corrected chi connectivity index (χ0v) is 18.3. The summed E-state index contributed by atoms with van der Waals surface area (Å²) in [4.78, 5) is 40.4. The first kappa shape index (κ1) is 22.1. The Morgan fingerprint density at radius 3 is 2.22 bits per heavy atom. The molecular formula is C25H28FN3O3. The van der Waals surface area contributed by atoms with Crippen LogP contribution >= 0.6 is 0 Å². The summed E-state index contributed by atoms with van der Waals surface area (Å²) in [6.07, 6.45) is 2.73. The van der Waals surface area contributed by atoms with Gasteiger partial charge in [-0.3, -0.25) is 19.3 Å². The summed E-state index contributed by atoms with van der Waals surface area (Å²) in [6, 6.07) is 13.5. The van der Waals surface area contributed by atoms with Gasteiger partial charge in [0, 0.05) is 44.2 Å². The standard InChI is InChI=1S/C25H28FN3O3/c1-18(30)27-25(20-6-8-21(26)9-7-20)12-15-28(16-13-25)17-23(31)19-4-10-22(11-5-19)29-14-2-3-24(29)32/h4-11H,2-3,12-17H2,1H3,(H,27,30). The highest BCUT2D eigenvalue weighted by molar-refractivity contribution is 5.99. The predicted octanol–water partition coefficient (Wildman–Crippen LogP) is 3.26. The molecule has 0 radical (unpaired) electrons. The van der Waals surface area contributed by atoms with Gasteiger partial charge in [0.15, 0.2) is 5.78 Å². The molecule has 0 saturated carbocycles. The quantitative estimate of drug-likeness (QED) is 0.705. The SMILES string of the molecule is CC(=O)NC1(c2ccc(F)cc2)CCN(CC(=O)c2ccc(N3CCCC3=O)cc2)CC1. The van der Waals surface area contributed by atoms with Crippen molar-refractivity contribution in [3.8, 4) is 0 Å². The summed E-state index contributed by atoms with van der Waals surface area (Å²) in [5, 5.41) is 3.07. The zero-order chi connectivity index (χ0) is 22.7. The Morgan fingerprint density at radius 2 is 1.66 bits per heavy atom. The maximum Gasteiger partial charge on any atom is 0.227 e. The molecule has 0 aliphatic carbocycles. The Bertz CT molecular complexity index is 996. The van der Waals surface area contributed by atoms with Crippen molar-refractivity contribution >= 4 is 23.3 Å². The smallest absolute Gasteiger partial charge is 0.227 e. The topological polar surface area (TPSA) is 69.7 Å². The van der Waals surface area contributed by atoms with Gasteiger partial charge in [-0.25, -0.2) is 4.39 Å². The molecule has 0 aromatic heterocycles. The average molecular weight is 438 g/mol. The predicted molar refractivity (Wildman–Crippen MR) is 120 cm³/mol. The van der Waals surface area contributed by atoms with Gasteiger partial charge in [-0.15, -0.1) is 0 Å². The highest BCUT2D eigenvalue weighted by Crippen LogP contribution is 2.33. The molecule has 6 nitrogen and oxygen atoms in total. The molecule has 2 aliphatic rings. The van der Waals surface area contributed by atoms with E-state index in [0.29, 0.717) is 44.5 Å². The van der Waals surface area contributed by atoms with Crippen LogP contribution in [0.15, 0.2) is 48.5 Å². The first-order valence-corrected chi connectivity index (χ1v) is 11.1. The lowest BCUT2D eigenvalue weighted by atomic mass is 9.80. The van der Waals surface area contributed by atoms with Crippen LogP contribution in [0.2, 0.25) is 0 Å². The van der Waals surface area contributed by atoms with Gasteiger partial charge in [-0.1, -0.05) is 12.1 Å². The second kappa shape index (κ2) is 9.20. The Labute approximate surface area is 187 Å². The molecule has 0 spiro atoms. The third-order valence-electron chi connectivity index (χ3n) is 6.46. The second-order valence-corrected chi connectivity index (χ2v) is 8.67. The van der Waals surface area contributed by atoms with Gasteiger partial charge < -0.3 is 10.2 Å². The molecule has 0 unspecified atom stereocenters. The first-order chi connectivity index (χ1) is 15.4. The maximum absolute atomic E-state index is 13.4. The van der Waals surface area contributed by atoms with Crippen molar-refractivity contribution in [1.29, 1.82) is 0 Å². The molecule has 168 valence electrons. The van der Waals surface area contributed by atoms with Crippen LogP contribution < -0.4 is 10.2 Å². The Morgan fingerprint density at radius 1 is 1.00 bits per heavy atom. The number of nitrogens with one attached hydrogen (secondary N) is 1. The molecule has 0 atom stereocenters. The van der Waals surface area contributed by atoms with Gasteiger partial charge in [0.05, 0.1) is 12.1 Å². The van der Waals surface area contributed by atoms with Gasteiger partial charge in [-0.2, -0.15) is 0 Å². The van der Waals surface area contributed by atoms with E-state index in [1.807, 2.05) is 12.1 Å². The van der Waals surface area contributed by atoms with E-state index in [1.54, 1.807) is 29.2 Å². The van der Waals surface area contributed by atoms with Gasteiger partial charge in [0.1, 0.15) is 5.82 Å². The second-order valence-electron chi connectivity index (χ2n) is 8.67. The molecular weight excluding hydrogens is 409 g/mol. The highest BCUT2D eigenvalue weighted by atomic mass is 19.1. The van der Waals surface area contributed by atoms with Gasteiger partial charge >= 0.3 is 0 Å². The maximum atomic E-state index is 13.4. The van der Waals surface area contributed by atoms with E-state index in [-0.39, 0.29) is 23.4 Å². The molecule has 4 rings (SSSR count). The van der Waals surface area contributed by atoms with Gasteiger partial charge in [-0.05, 0) is 61.2 Å². The van der Waals surface area contributed by atoms with Crippen LogP contribution in [0.1, 0.15) is 48.5 Å². The van der Waals surface area contributed by atoms with E-state index in [4.69, 9.17) is 0 Å². The number of benzene rings is 2. The number of carbonyl (C=O) groups is 3. The van der Waals surface area contributed by atoms with Gasteiger partial charge in [0.2, 0.25) is 11.8 Å². The Kier molecular flexibility index (Phi) is 6.37. The third kappa shape index (κ3) is 4.72. The van der Waals surface area contributed by atoms with E-state index >= 15 is 0 Å². The van der Waals surface area contributed by atoms with E-state index in [0.717, 1.165) is 24.2 Å². The van der Waals surface area contributed by atoms with Crippen molar-refractivity contribution in [2.24, 2.45) is 0 Å². The number of ketones is 1. The molecule has 2 aliphatic heterocycles. The van der Waals surface area contributed by atoms with Crippen molar-refractivity contribution in [2.45, 2.75) is 38.1 Å². The normalized spacial score (nSPS) is 18.6. The molecule has 2 fully saturated rings. The minimum atomic E-state index is -0.553. The number of likely N-dealkylation sites (tertiary alicyclic amines) is 1. The Balaban J connectivity index is 1.39. The van der Waals surface area contributed by atoms with E-state index in [9.17, 15) is 18.8 Å². The van der Waals surface area contributed by atoms with Crippen LogP contribution in [0.25, 0.3) is 0 Å². The average Bonchev–Trinajstić information content (AvgIpc) is 3.21.